The smallest absolute Gasteiger partial charge is 0.421 e. The van der Waals surface area contributed by atoms with E-state index in [1.54, 1.807) is 57.2 Å². The summed E-state index contributed by atoms with van der Waals surface area (Å²) in [7, 11) is 0. The molecule has 0 saturated carbocycles. The fourth-order valence-electron chi connectivity index (χ4n) is 3.09. The first kappa shape index (κ1) is 24.7. The van der Waals surface area contributed by atoms with Crippen molar-refractivity contribution in [2.75, 3.05) is 4.90 Å². The molecule has 0 atom stereocenters. The van der Waals surface area contributed by atoms with Crippen molar-refractivity contribution in [2.45, 2.75) is 40.2 Å². The molecule has 0 aliphatic rings. The molecule has 3 aromatic rings. The summed E-state index contributed by atoms with van der Waals surface area (Å²) in [5, 5.41) is 18.3. The van der Waals surface area contributed by atoms with Crippen LogP contribution in [0.25, 0.3) is 0 Å². The number of rotatable bonds is 4. The lowest BCUT2D eigenvalue weighted by Gasteiger charge is -2.26. The number of aryl methyl sites for hydroxylation is 2. The maximum absolute atomic E-state index is 13.1. The molecule has 0 saturated heterocycles. The molecule has 34 heavy (non-hydrogen) atoms. The van der Waals surface area contributed by atoms with Crippen molar-refractivity contribution < 1.29 is 14.3 Å². The molecule has 0 unspecified atom stereocenters. The number of amides is 1. The average Bonchev–Trinajstić information content (AvgIpc) is 2.77. The third-order valence-electron chi connectivity index (χ3n) is 4.52. The molecule has 0 aliphatic carbocycles. The van der Waals surface area contributed by atoms with Gasteiger partial charge in [-0.05, 0) is 98.1 Å². The van der Waals surface area contributed by atoms with Crippen LogP contribution >= 0.6 is 15.9 Å². The second-order valence-corrected chi connectivity index (χ2v) is 9.30. The normalized spacial score (nSPS) is 10.7. The van der Waals surface area contributed by atoms with Crippen molar-refractivity contribution in [2.24, 2.45) is 0 Å². The third kappa shape index (κ3) is 5.69. The van der Waals surface area contributed by atoms with Gasteiger partial charge >= 0.3 is 6.09 Å². The van der Waals surface area contributed by atoms with Crippen LogP contribution in [0.5, 0.6) is 11.6 Å². The molecule has 0 spiro atoms. The second kappa shape index (κ2) is 9.90. The summed E-state index contributed by atoms with van der Waals surface area (Å²) < 4.78 is 12.1. The summed E-state index contributed by atoms with van der Waals surface area (Å²) >= 11 is 3.40. The van der Waals surface area contributed by atoms with Gasteiger partial charge in [0.05, 0.1) is 39.6 Å². The van der Waals surface area contributed by atoms with E-state index in [-0.39, 0.29) is 11.8 Å². The monoisotopic (exact) mass is 519 g/mol. The minimum absolute atomic E-state index is 0.0288. The fraction of sp³-hybridized carbons (Fsp3) is 0.240. The molecule has 1 aromatic heterocycles. The summed E-state index contributed by atoms with van der Waals surface area (Å²) in [5.74, 6) is 0.760. The molecule has 3 rings (SSSR count). The highest BCUT2D eigenvalue weighted by Crippen LogP contribution is 2.35. The van der Waals surface area contributed by atoms with Crippen molar-refractivity contribution in [3.8, 4) is 23.8 Å². The number of benzene rings is 2. The molecule has 0 N–H and O–H groups in total. The Morgan fingerprint density at radius 3 is 2.15 bits per heavy atom. The van der Waals surface area contributed by atoms with E-state index in [0.717, 1.165) is 11.1 Å². The minimum Gasteiger partial charge on any atom is -0.443 e. The van der Waals surface area contributed by atoms with Crippen LogP contribution in [0.15, 0.2) is 47.1 Å². The van der Waals surface area contributed by atoms with Gasteiger partial charge in [-0.15, -0.1) is 0 Å². The van der Waals surface area contributed by atoms with Crippen molar-refractivity contribution >= 4 is 33.7 Å². The number of halogens is 1. The van der Waals surface area contributed by atoms with Gasteiger partial charge < -0.3 is 9.47 Å². The van der Waals surface area contributed by atoms with Gasteiger partial charge in [0.15, 0.2) is 0 Å². The Balaban J connectivity index is 2.07. The van der Waals surface area contributed by atoms with Gasteiger partial charge in [-0.2, -0.15) is 15.5 Å². The Kier molecular flexibility index (Phi) is 7.19. The number of carbonyl (C=O) groups excluding carboxylic acids is 1. The molecule has 0 radical (unpaired) electrons. The summed E-state index contributed by atoms with van der Waals surface area (Å²) in [6, 6.07) is 14.0. The largest absolute Gasteiger partial charge is 0.443 e. The summed E-state index contributed by atoms with van der Waals surface area (Å²) in [6.07, 6.45) is 0.795. The van der Waals surface area contributed by atoms with Gasteiger partial charge in [0, 0.05) is 0 Å². The van der Waals surface area contributed by atoms with Crippen molar-refractivity contribution in [3.63, 3.8) is 0 Å². The molecule has 1 amide bonds. The first-order valence-corrected chi connectivity index (χ1v) is 11.1. The SMILES string of the molecule is Cc1cc(C#N)cc(C)c1Oc1nc(N(C(=O)OC(C)(C)C)c2ccc(C#N)cc2)ncc1Br. The molecule has 0 fully saturated rings. The lowest BCUT2D eigenvalue weighted by Crippen LogP contribution is -2.34. The number of nitrogens with zero attached hydrogens (tertiary/aromatic N) is 5. The summed E-state index contributed by atoms with van der Waals surface area (Å²) in [4.78, 5) is 23.1. The average molecular weight is 520 g/mol. The molecular formula is C25H22BrN5O3. The number of hydrogen-bond acceptors (Lipinski definition) is 7. The zero-order valence-corrected chi connectivity index (χ0v) is 21.0. The van der Waals surface area contributed by atoms with Gasteiger partial charge in [-0.1, -0.05) is 0 Å². The van der Waals surface area contributed by atoms with E-state index in [1.165, 1.54) is 11.1 Å². The molecule has 9 heteroatoms. The van der Waals surface area contributed by atoms with E-state index in [4.69, 9.17) is 14.7 Å². The van der Waals surface area contributed by atoms with Crippen LogP contribution in [-0.2, 0) is 4.74 Å². The van der Waals surface area contributed by atoms with Gasteiger partial charge in [0.25, 0.3) is 0 Å². The van der Waals surface area contributed by atoms with Gasteiger partial charge in [0.2, 0.25) is 11.8 Å². The van der Waals surface area contributed by atoms with Crippen LogP contribution in [0.2, 0.25) is 0 Å². The number of anilines is 2. The molecule has 0 bridgehead atoms. The van der Waals surface area contributed by atoms with Crippen molar-refractivity contribution in [1.29, 1.82) is 10.5 Å². The highest BCUT2D eigenvalue weighted by atomic mass is 79.9. The zero-order chi connectivity index (χ0) is 25.0. The highest BCUT2D eigenvalue weighted by Gasteiger charge is 2.28. The Bertz CT molecular complexity index is 1300. The number of ether oxygens (including phenoxy) is 2. The Morgan fingerprint density at radius 2 is 1.62 bits per heavy atom. The fourth-order valence-corrected chi connectivity index (χ4v) is 3.36. The summed E-state index contributed by atoms with van der Waals surface area (Å²) in [6.45, 7) is 8.95. The first-order chi connectivity index (χ1) is 16.0. The van der Waals surface area contributed by atoms with Crippen molar-refractivity contribution in [3.05, 3.63) is 69.3 Å². The Morgan fingerprint density at radius 1 is 1.03 bits per heavy atom. The summed E-state index contributed by atoms with van der Waals surface area (Å²) in [5.41, 5.74) is 2.17. The predicted molar refractivity (Wildman–Crippen MR) is 130 cm³/mol. The second-order valence-electron chi connectivity index (χ2n) is 8.45. The molecule has 172 valence electrons. The number of aromatic nitrogens is 2. The van der Waals surface area contributed by atoms with Crippen LogP contribution in [0, 0.1) is 36.5 Å². The minimum atomic E-state index is -0.757. The van der Waals surface area contributed by atoms with Crippen LogP contribution in [0.4, 0.5) is 16.4 Å². The van der Waals surface area contributed by atoms with E-state index < -0.39 is 11.7 Å². The Labute approximate surface area is 206 Å². The van der Waals surface area contributed by atoms with E-state index in [1.807, 2.05) is 13.8 Å². The van der Waals surface area contributed by atoms with Crippen LogP contribution < -0.4 is 9.64 Å². The molecule has 2 aromatic carbocycles. The lowest BCUT2D eigenvalue weighted by molar-refractivity contribution is 0.0597. The number of hydrogen-bond donors (Lipinski definition) is 0. The maximum atomic E-state index is 13.1. The van der Waals surface area contributed by atoms with Crippen LogP contribution in [-0.4, -0.2) is 21.7 Å². The molecule has 8 nitrogen and oxygen atoms in total. The van der Waals surface area contributed by atoms with E-state index >= 15 is 0 Å². The first-order valence-electron chi connectivity index (χ1n) is 10.3. The van der Waals surface area contributed by atoms with E-state index in [2.05, 4.69) is 38.0 Å². The number of nitriles is 2. The van der Waals surface area contributed by atoms with Crippen molar-refractivity contribution in [1.82, 2.24) is 9.97 Å². The Hall–Kier alpha value is -3.95. The molecular weight excluding hydrogens is 498 g/mol. The van der Waals surface area contributed by atoms with Crippen LogP contribution in [0.3, 0.4) is 0 Å². The van der Waals surface area contributed by atoms with Gasteiger partial charge in [-0.3, -0.25) is 0 Å². The standard InChI is InChI=1S/C25H22BrN5O3/c1-15-10-18(13-28)11-16(2)21(15)33-22-20(26)14-29-23(30-22)31(24(32)34-25(3,4)5)19-8-6-17(12-27)7-9-19/h6-11,14H,1-5H3. The van der Waals surface area contributed by atoms with Gasteiger partial charge in [0.1, 0.15) is 11.4 Å². The van der Waals surface area contributed by atoms with Gasteiger partial charge in [-0.25, -0.2) is 14.7 Å². The molecule has 0 aliphatic heterocycles. The predicted octanol–water partition coefficient (Wildman–Crippen LogP) is 6.46. The topological polar surface area (TPSA) is 112 Å². The number of carbonyl (C=O) groups is 1. The van der Waals surface area contributed by atoms with E-state index in [9.17, 15) is 10.1 Å². The molecule has 1 heterocycles. The highest BCUT2D eigenvalue weighted by molar-refractivity contribution is 9.10. The van der Waals surface area contributed by atoms with Crippen LogP contribution in [0.1, 0.15) is 43.0 Å². The third-order valence-corrected chi connectivity index (χ3v) is 5.06. The van der Waals surface area contributed by atoms with E-state index in [0.29, 0.717) is 27.0 Å². The maximum Gasteiger partial charge on any atom is 0.421 e. The quantitative estimate of drug-likeness (QED) is 0.388. The lowest BCUT2D eigenvalue weighted by atomic mass is 10.1. The zero-order valence-electron chi connectivity index (χ0n) is 19.4.